The van der Waals surface area contributed by atoms with Crippen molar-refractivity contribution >= 4 is 50.4 Å². The number of benzene rings is 1. The molecule has 0 amide bonds. The molecule has 3 aromatic rings. The highest BCUT2D eigenvalue weighted by atomic mass is 79.9. The Balaban J connectivity index is 1.54. The van der Waals surface area contributed by atoms with Gasteiger partial charge in [0, 0.05) is 16.2 Å². The molecule has 0 saturated heterocycles. The van der Waals surface area contributed by atoms with Gasteiger partial charge in [-0.25, -0.2) is 19.9 Å². The molecule has 4 rings (SSSR count). The molecule has 3 N–H and O–H groups in total. The maximum absolute atomic E-state index is 11.1. The average Bonchev–Trinajstić information content (AvgIpc) is 2.69. The van der Waals surface area contributed by atoms with E-state index in [0.29, 0.717) is 35.6 Å². The van der Waals surface area contributed by atoms with Crippen molar-refractivity contribution < 1.29 is 9.90 Å². The van der Waals surface area contributed by atoms with Crippen molar-refractivity contribution in [1.29, 1.82) is 0 Å². The first-order chi connectivity index (χ1) is 13.6. The van der Waals surface area contributed by atoms with Crippen LogP contribution in [0.25, 0.3) is 11.0 Å². The van der Waals surface area contributed by atoms with E-state index in [1.54, 1.807) is 6.20 Å². The second-order valence-electron chi connectivity index (χ2n) is 6.82. The van der Waals surface area contributed by atoms with Gasteiger partial charge in [0.25, 0.3) is 0 Å². The first kappa shape index (κ1) is 18.5. The quantitative estimate of drug-likeness (QED) is 0.543. The van der Waals surface area contributed by atoms with Crippen molar-refractivity contribution in [3.8, 4) is 0 Å². The standard InChI is InChI=1S/C19H19BrN6O2/c20-12-2-1-3-14(8-12)24-17-16-15(22-10-23-17)9-21-19(26-16)25-13-6-4-11(5-7-13)18(27)28/h1-3,8-11,13H,4-7H2,(H,27,28)(H,21,25,26)(H,22,23,24). The molecule has 9 heteroatoms. The minimum Gasteiger partial charge on any atom is -0.481 e. The number of nitrogens with zero attached hydrogens (tertiary/aromatic N) is 4. The lowest BCUT2D eigenvalue weighted by Crippen LogP contribution is -2.29. The number of nitrogens with one attached hydrogen (secondary N) is 2. The number of fused-ring (bicyclic) bond motifs is 1. The number of hydrogen-bond acceptors (Lipinski definition) is 7. The van der Waals surface area contributed by atoms with E-state index in [9.17, 15) is 4.79 Å². The minimum absolute atomic E-state index is 0.166. The van der Waals surface area contributed by atoms with E-state index in [0.717, 1.165) is 23.0 Å². The number of hydrogen-bond donors (Lipinski definition) is 3. The van der Waals surface area contributed by atoms with Gasteiger partial charge in [-0.15, -0.1) is 0 Å². The number of anilines is 3. The summed E-state index contributed by atoms with van der Waals surface area (Å²) >= 11 is 3.46. The summed E-state index contributed by atoms with van der Waals surface area (Å²) in [4.78, 5) is 28.6. The molecule has 8 nitrogen and oxygen atoms in total. The lowest BCUT2D eigenvalue weighted by atomic mass is 9.86. The van der Waals surface area contributed by atoms with Gasteiger partial charge in [-0.2, -0.15) is 0 Å². The van der Waals surface area contributed by atoms with E-state index in [4.69, 9.17) is 5.11 Å². The normalized spacial score (nSPS) is 19.3. The Bertz CT molecular complexity index is 1010. The van der Waals surface area contributed by atoms with Crippen molar-refractivity contribution in [3.05, 3.63) is 41.3 Å². The van der Waals surface area contributed by atoms with Crippen molar-refractivity contribution in [2.45, 2.75) is 31.7 Å². The topological polar surface area (TPSA) is 113 Å². The molecule has 0 aliphatic heterocycles. The van der Waals surface area contributed by atoms with Crippen LogP contribution in [-0.2, 0) is 4.79 Å². The van der Waals surface area contributed by atoms with Gasteiger partial charge in [0.05, 0.1) is 12.1 Å². The van der Waals surface area contributed by atoms with Gasteiger partial charge in [-0.3, -0.25) is 4.79 Å². The maximum atomic E-state index is 11.1. The monoisotopic (exact) mass is 442 g/mol. The molecule has 1 saturated carbocycles. The third-order valence-corrected chi connectivity index (χ3v) is 5.37. The number of aliphatic carboxylic acids is 1. The zero-order valence-electron chi connectivity index (χ0n) is 15.0. The maximum Gasteiger partial charge on any atom is 0.306 e. The van der Waals surface area contributed by atoms with Crippen LogP contribution in [-0.4, -0.2) is 37.1 Å². The van der Waals surface area contributed by atoms with Crippen molar-refractivity contribution in [2.24, 2.45) is 5.92 Å². The van der Waals surface area contributed by atoms with E-state index < -0.39 is 5.97 Å². The van der Waals surface area contributed by atoms with E-state index in [-0.39, 0.29) is 12.0 Å². The largest absolute Gasteiger partial charge is 0.481 e. The van der Waals surface area contributed by atoms with Gasteiger partial charge in [-0.1, -0.05) is 22.0 Å². The number of carboxylic acids is 1. The Hall–Kier alpha value is -2.81. The first-order valence-electron chi connectivity index (χ1n) is 9.08. The van der Waals surface area contributed by atoms with Gasteiger partial charge in [-0.05, 0) is 43.9 Å². The van der Waals surface area contributed by atoms with Crippen LogP contribution in [0.5, 0.6) is 0 Å². The van der Waals surface area contributed by atoms with E-state index >= 15 is 0 Å². The Morgan fingerprint density at radius 3 is 2.71 bits per heavy atom. The number of carboxylic acid groups (broad SMARTS) is 1. The summed E-state index contributed by atoms with van der Waals surface area (Å²) in [7, 11) is 0. The summed E-state index contributed by atoms with van der Waals surface area (Å²) in [5, 5.41) is 15.7. The van der Waals surface area contributed by atoms with Crippen LogP contribution in [0.3, 0.4) is 0 Å². The predicted octanol–water partition coefficient (Wildman–Crippen LogP) is 3.98. The number of halogens is 1. The zero-order chi connectivity index (χ0) is 19.5. The van der Waals surface area contributed by atoms with Crippen LogP contribution in [0.15, 0.2) is 41.3 Å². The first-order valence-corrected chi connectivity index (χ1v) is 9.87. The highest BCUT2D eigenvalue weighted by Gasteiger charge is 2.26. The highest BCUT2D eigenvalue weighted by molar-refractivity contribution is 9.10. The van der Waals surface area contributed by atoms with Crippen LogP contribution in [0.1, 0.15) is 25.7 Å². The molecule has 2 heterocycles. The van der Waals surface area contributed by atoms with Crippen LogP contribution in [0.4, 0.5) is 17.5 Å². The SMILES string of the molecule is O=C(O)C1CCC(Nc2ncc3ncnc(Nc4cccc(Br)c4)c3n2)CC1. The molecule has 0 radical (unpaired) electrons. The molecule has 144 valence electrons. The molecule has 0 bridgehead atoms. The number of rotatable bonds is 5. The summed E-state index contributed by atoms with van der Waals surface area (Å²) < 4.78 is 0.963. The van der Waals surface area contributed by atoms with Crippen molar-refractivity contribution in [3.63, 3.8) is 0 Å². The van der Waals surface area contributed by atoms with E-state index in [1.807, 2.05) is 24.3 Å². The summed E-state index contributed by atoms with van der Waals surface area (Å²) in [6.45, 7) is 0. The van der Waals surface area contributed by atoms with Crippen molar-refractivity contribution in [1.82, 2.24) is 19.9 Å². The van der Waals surface area contributed by atoms with E-state index in [2.05, 4.69) is 46.5 Å². The fraction of sp³-hybridized carbons (Fsp3) is 0.316. The number of aromatic nitrogens is 4. The lowest BCUT2D eigenvalue weighted by molar-refractivity contribution is -0.142. The third-order valence-electron chi connectivity index (χ3n) is 4.87. The molecular formula is C19H19BrN6O2. The molecule has 0 atom stereocenters. The number of carbonyl (C=O) groups is 1. The summed E-state index contributed by atoms with van der Waals surface area (Å²) in [6, 6.07) is 7.95. The van der Waals surface area contributed by atoms with Gasteiger partial charge < -0.3 is 15.7 Å². The average molecular weight is 443 g/mol. The molecule has 2 aromatic heterocycles. The predicted molar refractivity (Wildman–Crippen MR) is 110 cm³/mol. The second-order valence-corrected chi connectivity index (χ2v) is 7.73. The summed E-state index contributed by atoms with van der Waals surface area (Å²) in [5.74, 6) is 0.146. The molecular weight excluding hydrogens is 424 g/mol. The fourth-order valence-corrected chi connectivity index (χ4v) is 3.78. The minimum atomic E-state index is -0.708. The fourth-order valence-electron chi connectivity index (χ4n) is 3.39. The lowest BCUT2D eigenvalue weighted by Gasteiger charge is -2.26. The second kappa shape index (κ2) is 8.05. The molecule has 1 aromatic carbocycles. The molecule has 1 aliphatic rings. The molecule has 0 spiro atoms. The Kier molecular flexibility index (Phi) is 5.34. The smallest absolute Gasteiger partial charge is 0.306 e. The van der Waals surface area contributed by atoms with Crippen molar-refractivity contribution in [2.75, 3.05) is 10.6 Å². The Morgan fingerprint density at radius 2 is 1.96 bits per heavy atom. The van der Waals surface area contributed by atoms with Gasteiger partial charge in [0.2, 0.25) is 5.95 Å². The third kappa shape index (κ3) is 4.19. The van der Waals surface area contributed by atoms with Gasteiger partial charge in [0.15, 0.2) is 5.82 Å². The van der Waals surface area contributed by atoms with Crippen LogP contribution >= 0.6 is 15.9 Å². The molecule has 1 fully saturated rings. The Labute approximate surface area is 170 Å². The van der Waals surface area contributed by atoms with Crippen LogP contribution in [0.2, 0.25) is 0 Å². The molecule has 1 aliphatic carbocycles. The van der Waals surface area contributed by atoms with Crippen LogP contribution < -0.4 is 10.6 Å². The van der Waals surface area contributed by atoms with Gasteiger partial charge in [0.1, 0.15) is 17.4 Å². The van der Waals surface area contributed by atoms with Gasteiger partial charge >= 0.3 is 5.97 Å². The Morgan fingerprint density at radius 1 is 1.14 bits per heavy atom. The van der Waals surface area contributed by atoms with Crippen LogP contribution in [0, 0.1) is 5.92 Å². The molecule has 28 heavy (non-hydrogen) atoms. The van der Waals surface area contributed by atoms with E-state index in [1.165, 1.54) is 6.33 Å². The molecule has 0 unspecified atom stereocenters. The summed E-state index contributed by atoms with van der Waals surface area (Å²) in [5.41, 5.74) is 2.15. The summed E-state index contributed by atoms with van der Waals surface area (Å²) in [6.07, 6.45) is 6.05. The zero-order valence-corrected chi connectivity index (χ0v) is 16.6. The highest BCUT2D eigenvalue weighted by Crippen LogP contribution is 2.27.